The van der Waals surface area contributed by atoms with Gasteiger partial charge in [0, 0.05) is 28.4 Å². The summed E-state index contributed by atoms with van der Waals surface area (Å²) in [6.45, 7) is 1.92. The first-order valence-corrected chi connectivity index (χ1v) is 6.86. The van der Waals surface area contributed by atoms with Crippen LogP contribution in [0.1, 0.15) is 24.4 Å². The fourth-order valence-corrected chi connectivity index (χ4v) is 3.01. The number of imidazole rings is 1. The summed E-state index contributed by atoms with van der Waals surface area (Å²) in [6.07, 6.45) is 4.96. The Kier molecular flexibility index (Phi) is 11.6. The number of hydrogen-bond acceptors (Lipinski definition) is 2. The van der Waals surface area contributed by atoms with Crippen molar-refractivity contribution < 1.29 is 34.3 Å². The Balaban J connectivity index is 0. The predicted molar refractivity (Wildman–Crippen MR) is 86.5 cm³/mol. The van der Waals surface area contributed by atoms with Gasteiger partial charge in [-0.25, -0.2) is 4.98 Å². The molecule has 8 heteroatoms. The fourth-order valence-electron chi connectivity index (χ4n) is 2.07. The van der Waals surface area contributed by atoms with E-state index in [2.05, 4.69) is 17.6 Å². The van der Waals surface area contributed by atoms with Gasteiger partial charge >= 0.3 is 17.1 Å². The Hall–Kier alpha value is -0.161. The summed E-state index contributed by atoms with van der Waals surface area (Å²) in [5, 5.41) is 0.869. The predicted octanol–water partition coefficient (Wildman–Crippen LogP) is 1.44. The molecule has 3 nitrogen and oxygen atoms in total. The van der Waals surface area contributed by atoms with E-state index in [4.69, 9.17) is 23.2 Å². The second-order valence-electron chi connectivity index (χ2n) is 4.25. The van der Waals surface area contributed by atoms with Gasteiger partial charge in [-0.1, -0.05) is 36.2 Å². The molecule has 2 unspecified atom stereocenters. The van der Waals surface area contributed by atoms with Crippen molar-refractivity contribution in [3.63, 3.8) is 0 Å². The van der Waals surface area contributed by atoms with E-state index in [9.17, 15) is 4.79 Å². The van der Waals surface area contributed by atoms with Gasteiger partial charge in [-0.05, 0) is 17.7 Å². The maximum Gasteiger partial charge on any atom is 2.00 e. The Morgan fingerprint density at radius 2 is 2.00 bits per heavy atom. The summed E-state index contributed by atoms with van der Waals surface area (Å²) in [4.78, 5) is 15.7. The van der Waals surface area contributed by atoms with E-state index < -0.39 is 6.04 Å². The summed E-state index contributed by atoms with van der Waals surface area (Å²) < 4.78 is 1.73. The molecule has 0 aliphatic rings. The van der Waals surface area contributed by atoms with Crippen LogP contribution in [-0.2, 0) is 21.9 Å². The molecular formula is C14H15Cl3CuN2OS. The van der Waals surface area contributed by atoms with Crippen LogP contribution in [0.2, 0.25) is 10.0 Å². The van der Waals surface area contributed by atoms with Crippen LogP contribution in [0.4, 0.5) is 0 Å². The number of halogens is 3. The van der Waals surface area contributed by atoms with Crippen molar-refractivity contribution in [1.82, 2.24) is 9.55 Å². The normalized spacial score (nSPS) is 12.2. The Morgan fingerprint density at radius 3 is 2.45 bits per heavy atom. The van der Waals surface area contributed by atoms with Gasteiger partial charge < -0.3 is 24.4 Å². The van der Waals surface area contributed by atoms with Gasteiger partial charge in [0.2, 0.25) is 5.12 Å². The number of benzene rings is 1. The standard InChI is InChI=1S/C13H12Cl2N2OS.CH3.ClH.Cu/c1-8(10-3-2-9(14)6-11(10)15)12(13(18)19)17-5-4-16-7-17;;;/h2-8,12H,1H3,(H,18,19);1H3;1H;/q;-1;;+2/p-1. The van der Waals surface area contributed by atoms with Crippen LogP contribution in [0.25, 0.3) is 0 Å². The Labute approximate surface area is 163 Å². The molecule has 0 amide bonds. The maximum atomic E-state index is 11.8. The molecule has 22 heavy (non-hydrogen) atoms. The van der Waals surface area contributed by atoms with Gasteiger partial charge in [-0.2, -0.15) is 0 Å². The van der Waals surface area contributed by atoms with Crippen molar-refractivity contribution in [2.75, 3.05) is 0 Å². The average molecular weight is 429 g/mol. The minimum absolute atomic E-state index is 0. The SMILES string of the molecule is CC(c1ccc(Cl)cc1Cl)C(C(=O)S)n1ccnc1.[CH3-].[Cl-].[Cu+2]. The van der Waals surface area contributed by atoms with E-state index in [0.717, 1.165) is 5.56 Å². The molecule has 0 fully saturated rings. The third-order valence-electron chi connectivity index (χ3n) is 3.03. The largest absolute Gasteiger partial charge is 2.00 e. The number of thiol groups is 1. The summed E-state index contributed by atoms with van der Waals surface area (Å²) in [5.74, 6) is -0.135. The fraction of sp³-hybridized carbons (Fsp3) is 0.214. The smallest absolute Gasteiger partial charge is 1.00 e. The van der Waals surface area contributed by atoms with Crippen molar-refractivity contribution in [2.45, 2.75) is 18.9 Å². The molecule has 0 bridgehead atoms. The second kappa shape index (κ2) is 10.6. The van der Waals surface area contributed by atoms with E-state index in [1.807, 2.05) is 13.0 Å². The molecule has 125 valence electrons. The molecule has 0 N–H and O–H groups in total. The molecule has 0 aliphatic carbocycles. The number of hydrogen-bond donors (Lipinski definition) is 1. The van der Waals surface area contributed by atoms with Crippen LogP contribution in [0.5, 0.6) is 0 Å². The quantitative estimate of drug-likeness (QED) is 0.454. The first kappa shape index (κ1) is 24.1. The summed E-state index contributed by atoms with van der Waals surface area (Å²) in [7, 11) is 0. The molecular weight excluding hydrogens is 414 g/mol. The minimum Gasteiger partial charge on any atom is -1.00 e. The Morgan fingerprint density at radius 1 is 1.36 bits per heavy atom. The monoisotopic (exact) mass is 427 g/mol. The number of carbonyl (C=O) groups excluding carboxylic acids is 1. The van der Waals surface area contributed by atoms with E-state index in [1.165, 1.54) is 0 Å². The first-order valence-electron chi connectivity index (χ1n) is 5.66. The molecule has 2 aromatic rings. The van der Waals surface area contributed by atoms with Crippen molar-refractivity contribution in [3.05, 3.63) is 60.0 Å². The second-order valence-corrected chi connectivity index (χ2v) is 5.53. The van der Waals surface area contributed by atoms with Gasteiger partial charge in [-0.15, -0.1) is 12.6 Å². The van der Waals surface area contributed by atoms with Crippen molar-refractivity contribution in [1.29, 1.82) is 0 Å². The molecule has 0 aliphatic heterocycles. The van der Waals surface area contributed by atoms with Crippen molar-refractivity contribution >= 4 is 40.9 Å². The zero-order valence-corrected chi connectivity index (χ0v) is 15.9. The molecule has 1 radical (unpaired) electrons. The summed E-state index contributed by atoms with van der Waals surface area (Å²) >= 11 is 16.0. The number of aromatic nitrogens is 2. The summed E-state index contributed by atoms with van der Waals surface area (Å²) in [5.41, 5.74) is 0.854. The number of carbonyl (C=O) groups is 1. The van der Waals surface area contributed by atoms with Crippen LogP contribution in [0, 0.1) is 7.43 Å². The molecule has 1 aromatic heterocycles. The van der Waals surface area contributed by atoms with Gasteiger partial charge in [-0.3, -0.25) is 4.79 Å². The average Bonchev–Trinajstić information content (AvgIpc) is 2.81. The molecule has 1 aromatic carbocycles. The zero-order chi connectivity index (χ0) is 14.0. The zero-order valence-electron chi connectivity index (χ0n) is 11.8. The molecule has 2 atom stereocenters. The molecule has 2 rings (SSSR count). The molecule has 1 heterocycles. The van der Waals surface area contributed by atoms with E-state index in [-0.39, 0.29) is 47.9 Å². The van der Waals surface area contributed by atoms with Gasteiger partial charge in [0.1, 0.15) is 6.04 Å². The topological polar surface area (TPSA) is 34.9 Å². The van der Waals surface area contributed by atoms with Crippen LogP contribution < -0.4 is 12.4 Å². The molecule has 0 spiro atoms. The van der Waals surface area contributed by atoms with Crippen molar-refractivity contribution in [2.24, 2.45) is 0 Å². The van der Waals surface area contributed by atoms with E-state index in [0.29, 0.717) is 10.0 Å². The Bertz CT molecular complexity index is 596. The summed E-state index contributed by atoms with van der Waals surface area (Å²) in [6, 6.07) is 4.80. The van der Waals surface area contributed by atoms with Crippen LogP contribution in [0.3, 0.4) is 0 Å². The van der Waals surface area contributed by atoms with Crippen LogP contribution in [0.15, 0.2) is 36.9 Å². The third kappa shape index (κ3) is 5.48. The first-order chi connectivity index (χ1) is 9.00. The molecule has 0 saturated carbocycles. The number of nitrogens with zero attached hydrogens (tertiary/aromatic N) is 2. The van der Waals surface area contributed by atoms with Gasteiger partial charge in [0.15, 0.2) is 0 Å². The van der Waals surface area contributed by atoms with Crippen molar-refractivity contribution in [3.8, 4) is 0 Å². The maximum absolute atomic E-state index is 11.8. The van der Waals surface area contributed by atoms with E-state index >= 15 is 0 Å². The van der Waals surface area contributed by atoms with Gasteiger partial charge in [0.05, 0.1) is 6.33 Å². The molecule has 0 saturated heterocycles. The third-order valence-corrected chi connectivity index (χ3v) is 3.85. The van der Waals surface area contributed by atoms with E-state index in [1.54, 1.807) is 35.4 Å². The number of rotatable bonds is 4. The minimum atomic E-state index is -0.454. The van der Waals surface area contributed by atoms with Crippen LogP contribution >= 0.6 is 35.8 Å². The van der Waals surface area contributed by atoms with Crippen LogP contribution in [-0.4, -0.2) is 14.7 Å². The van der Waals surface area contributed by atoms with Gasteiger partial charge in [0.25, 0.3) is 0 Å².